The predicted molar refractivity (Wildman–Crippen MR) is 65.6 cm³/mol. The van der Waals surface area contributed by atoms with Crippen molar-refractivity contribution < 1.29 is 4.79 Å². The van der Waals surface area contributed by atoms with Crippen LogP contribution in [-0.2, 0) is 6.54 Å². The minimum absolute atomic E-state index is 0.372. The summed E-state index contributed by atoms with van der Waals surface area (Å²) in [7, 11) is 0. The molecule has 1 aromatic heterocycles. The van der Waals surface area contributed by atoms with Crippen molar-refractivity contribution >= 4 is 16.8 Å². The number of hydrogen-bond donors (Lipinski definition) is 1. The van der Waals surface area contributed by atoms with Crippen molar-refractivity contribution in [1.29, 1.82) is 0 Å². The lowest BCUT2D eigenvalue weighted by molar-refractivity contribution is 0.100. The lowest BCUT2D eigenvalue weighted by atomic mass is 10.1. The highest BCUT2D eigenvalue weighted by Gasteiger charge is 2.11. The van der Waals surface area contributed by atoms with Crippen LogP contribution in [0.15, 0.2) is 18.2 Å². The maximum Gasteiger partial charge on any atom is 0.248 e. The maximum atomic E-state index is 11.1. The van der Waals surface area contributed by atoms with E-state index in [0.29, 0.717) is 5.56 Å². The molecule has 0 unspecified atom stereocenters. The summed E-state index contributed by atoms with van der Waals surface area (Å²) in [6, 6.07) is 5.64. The van der Waals surface area contributed by atoms with Gasteiger partial charge in [0.05, 0.1) is 0 Å². The molecule has 0 atom stereocenters. The Balaban J connectivity index is 2.80. The van der Waals surface area contributed by atoms with Crippen molar-refractivity contribution in [2.45, 2.75) is 27.3 Å². The fourth-order valence-corrected chi connectivity index (χ4v) is 2.21. The molecule has 3 nitrogen and oxygen atoms in total. The van der Waals surface area contributed by atoms with E-state index in [2.05, 4.69) is 25.3 Å². The number of nitrogens with zero attached hydrogens (tertiary/aromatic N) is 1. The molecular weight excluding hydrogens is 200 g/mol. The average Bonchev–Trinajstić information content (AvgIpc) is 2.51. The first-order valence-electron chi connectivity index (χ1n) is 5.45. The number of amides is 1. The molecule has 1 heterocycles. The molecule has 0 saturated carbocycles. The molecule has 1 amide bonds. The van der Waals surface area contributed by atoms with Crippen molar-refractivity contribution in [2.75, 3.05) is 0 Å². The highest BCUT2D eigenvalue weighted by molar-refractivity contribution is 5.98. The second-order valence-corrected chi connectivity index (χ2v) is 4.05. The van der Waals surface area contributed by atoms with Crippen LogP contribution in [0.1, 0.15) is 28.5 Å². The lowest BCUT2D eigenvalue weighted by Gasteiger charge is -2.03. The standard InChI is InChI=1S/C13H16N2O/c1-4-15-9(3)8(2)11-7-10(13(14)16)5-6-12(11)15/h5-7H,4H2,1-3H3,(H2,14,16). The number of fused-ring (bicyclic) bond motifs is 1. The van der Waals surface area contributed by atoms with Crippen molar-refractivity contribution in [3.63, 3.8) is 0 Å². The number of rotatable bonds is 2. The molecule has 0 aliphatic heterocycles. The van der Waals surface area contributed by atoms with Gasteiger partial charge in [-0.25, -0.2) is 0 Å². The largest absolute Gasteiger partial charge is 0.366 e. The van der Waals surface area contributed by atoms with E-state index in [9.17, 15) is 4.79 Å². The van der Waals surface area contributed by atoms with Gasteiger partial charge >= 0.3 is 0 Å². The van der Waals surface area contributed by atoms with Crippen molar-refractivity contribution in [3.05, 3.63) is 35.0 Å². The molecule has 84 valence electrons. The molecular formula is C13H16N2O. The second kappa shape index (κ2) is 3.67. The van der Waals surface area contributed by atoms with Gasteiger partial charge in [0, 0.05) is 28.7 Å². The van der Waals surface area contributed by atoms with Gasteiger partial charge in [-0.05, 0) is 44.5 Å². The van der Waals surface area contributed by atoms with Crippen LogP contribution in [0.3, 0.4) is 0 Å². The Labute approximate surface area is 94.9 Å². The molecule has 2 aromatic rings. The number of aryl methyl sites for hydroxylation is 2. The summed E-state index contributed by atoms with van der Waals surface area (Å²) < 4.78 is 2.25. The quantitative estimate of drug-likeness (QED) is 0.823. The molecule has 0 spiro atoms. The summed E-state index contributed by atoms with van der Waals surface area (Å²) in [5, 5.41) is 1.12. The minimum atomic E-state index is -0.372. The highest BCUT2D eigenvalue weighted by atomic mass is 16.1. The fourth-order valence-electron chi connectivity index (χ4n) is 2.21. The van der Waals surface area contributed by atoms with Gasteiger partial charge in [-0.1, -0.05) is 0 Å². The second-order valence-electron chi connectivity index (χ2n) is 4.05. The monoisotopic (exact) mass is 216 g/mol. The number of hydrogen-bond acceptors (Lipinski definition) is 1. The normalized spacial score (nSPS) is 10.9. The van der Waals surface area contributed by atoms with Gasteiger partial charge in [0.25, 0.3) is 0 Å². The number of primary amides is 1. The Kier molecular flexibility index (Phi) is 2.46. The third kappa shape index (κ3) is 1.40. The molecule has 0 saturated heterocycles. The molecule has 3 heteroatoms. The summed E-state index contributed by atoms with van der Waals surface area (Å²) in [5.74, 6) is -0.372. The zero-order chi connectivity index (χ0) is 11.9. The van der Waals surface area contributed by atoms with Crippen LogP contribution in [0, 0.1) is 13.8 Å². The van der Waals surface area contributed by atoms with Crippen LogP contribution in [0.5, 0.6) is 0 Å². The Morgan fingerprint density at radius 2 is 2.06 bits per heavy atom. The number of benzene rings is 1. The summed E-state index contributed by atoms with van der Waals surface area (Å²) >= 11 is 0. The molecule has 2 N–H and O–H groups in total. The Bertz CT molecular complexity index is 567. The molecule has 1 aromatic carbocycles. The van der Waals surface area contributed by atoms with E-state index < -0.39 is 0 Å². The molecule has 2 rings (SSSR count). The first-order chi connectivity index (χ1) is 7.56. The SMILES string of the molecule is CCn1c(C)c(C)c2cc(C(N)=O)ccc21. The number of nitrogens with two attached hydrogens (primary N) is 1. The first-order valence-corrected chi connectivity index (χ1v) is 5.45. The highest BCUT2D eigenvalue weighted by Crippen LogP contribution is 2.25. The first kappa shape index (κ1) is 10.7. The van der Waals surface area contributed by atoms with Crippen LogP contribution < -0.4 is 5.73 Å². The molecule has 0 bridgehead atoms. The summed E-state index contributed by atoms with van der Waals surface area (Å²) in [6.45, 7) is 7.23. The summed E-state index contributed by atoms with van der Waals surface area (Å²) in [6.07, 6.45) is 0. The van der Waals surface area contributed by atoms with Gasteiger partial charge in [0.15, 0.2) is 0 Å². The zero-order valence-corrected chi connectivity index (χ0v) is 9.87. The van der Waals surface area contributed by atoms with Crippen LogP contribution in [0.2, 0.25) is 0 Å². The van der Waals surface area contributed by atoms with E-state index >= 15 is 0 Å². The summed E-state index contributed by atoms with van der Waals surface area (Å²) in [4.78, 5) is 11.1. The van der Waals surface area contributed by atoms with Crippen LogP contribution in [0.25, 0.3) is 10.9 Å². The van der Waals surface area contributed by atoms with E-state index in [1.165, 1.54) is 16.8 Å². The molecule has 0 aliphatic carbocycles. The number of carbonyl (C=O) groups is 1. The van der Waals surface area contributed by atoms with Gasteiger partial charge in [-0.2, -0.15) is 0 Å². The maximum absolute atomic E-state index is 11.1. The van der Waals surface area contributed by atoms with E-state index in [0.717, 1.165) is 11.9 Å². The lowest BCUT2D eigenvalue weighted by Crippen LogP contribution is -2.10. The Morgan fingerprint density at radius 3 is 2.62 bits per heavy atom. The van der Waals surface area contributed by atoms with Gasteiger partial charge in [-0.15, -0.1) is 0 Å². The number of aromatic nitrogens is 1. The van der Waals surface area contributed by atoms with E-state index in [4.69, 9.17) is 5.73 Å². The van der Waals surface area contributed by atoms with Crippen molar-refractivity contribution in [1.82, 2.24) is 4.57 Å². The smallest absolute Gasteiger partial charge is 0.248 e. The van der Waals surface area contributed by atoms with Crippen LogP contribution >= 0.6 is 0 Å². The minimum Gasteiger partial charge on any atom is -0.366 e. The average molecular weight is 216 g/mol. The third-order valence-electron chi connectivity index (χ3n) is 3.24. The molecule has 16 heavy (non-hydrogen) atoms. The Morgan fingerprint density at radius 1 is 1.38 bits per heavy atom. The van der Waals surface area contributed by atoms with Gasteiger partial charge in [0.2, 0.25) is 5.91 Å². The Hall–Kier alpha value is -1.77. The van der Waals surface area contributed by atoms with Crippen LogP contribution in [-0.4, -0.2) is 10.5 Å². The van der Waals surface area contributed by atoms with Gasteiger partial charge < -0.3 is 10.3 Å². The molecule has 0 fully saturated rings. The van der Waals surface area contributed by atoms with Gasteiger partial charge in [0.1, 0.15) is 0 Å². The summed E-state index contributed by atoms with van der Waals surface area (Å²) in [5.41, 5.74) is 9.50. The fraction of sp³-hybridized carbons (Fsp3) is 0.308. The molecule has 0 aliphatic rings. The molecule has 0 radical (unpaired) electrons. The number of carbonyl (C=O) groups excluding carboxylic acids is 1. The van der Waals surface area contributed by atoms with Crippen molar-refractivity contribution in [3.8, 4) is 0 Å². The predicted octanol–water partition coefficient (Wildman–Crippen LogP) is 2.38. The van der Waals surface area contributed by atoms with Crippen molar-refractivity contribution in [2.24, 2.45) is 5.73 Å². The van der Waals surface area contributed by atoms with E-state index in [-0.39, 0.29) is 5.91 Å². The van der Waals surface area contributed by atoms with E-state index in [1.54, 1.807) is 6.07 Å². The van der Waals surface area contributed by atoms with E-state index in [1.807, 2.05) is 12.1 Å². The van der Waals surface area contributed by atoms with Gasteiger partial charge in [-0.3, -0.25) is 4.79 Å². The topological polar surface area (TPSA) is 48.0 Å². The zero-order valence-electron chi connectivity index (χ0n) is 9.87. The third-order valence-corrected chi connectivity index (χ3v) is 3.24. The van der Waals surface area contributed by atoms with Crippen LogP contribution in [0.4, 0.5) is 0 Å².